The van der Waals surface area contributed by atoms with Gasteiger partial charge in [-0.25, -0.2) is 4.98 Å². The average molecular weight is 263 g/mol. The molecule has 0 aliphatic rings. The molecule has 0 unspecified atom stereocenters. The van der Waals surface area contributed by atoms with Crippen LogP contribution in [0.25, 0.3) is 0 Å². The molecule has 2 rings (SSSR count). The SMILES string of the molecule is CCc1nc(NC)cc(OCCc2cccs2)n1. The van der Waals surface area contributed by atoms with Crippen LogP contribution in [0.5, 0.6) is 5.88 Å². The molecule has 0 amide bonds. The number of anilines is 1. The molecule has 0 spiro atoms. The summed E-state index contributed by atoms with van der Waals surface area (Å²) >= 11 is 1.75. The van der Waals surface area contributed by atoms with Crippen LogP contribution in [-0.2, 0) is 12.8 Å². The van der Waals surface area contributed by atoms with Crippen LogP contribution in [0.2, 0.25) is 0 Å². The number of ether oxygens (including phenoxy) is 1. The van der Waals surface area contributed by atoms with Gasteiger partial charge in [-0.05, 0) is 11.4 Å². The van der Waals surface area contributed by atoms with Crippen LogP contribution in [0.4, 0.5) is 5.82 Å². The Labute approximate surface area is 111 Å². The molecule has 18 heavy (non-hydrogen) atoms. The molecule has 5 heteroatoms. The molecule has 0 bridgehead atoms. The Kier molecular flexibility index (Phi) is 4.52. The van der Waals surface area contributed by atoms with Crippen molar-refractivity contribution in [1.29, 1.82) is 0 Å². The predicted molar refractivity (Wildman–Crippen MR) is 74.5 cm³/mol. The van der Waals surface area contributed by atoms with Crippen LogP contribution in [0, 0.1) is 0 Å². The molecule has 0 radical (unpaired) electrons. The number of aromatic nitrogens is 2. The maximum absolute atomic E-state index is 5.68. The van der Waals surface area contributed by atoms with Crippen LogP contribution < -0.4 is 10.1 Å². The first-order valence-corrected chi connectivity index (χ1v) is 6.90. The van der Waals surface area contributed by atoms with Crippen molar-refractivity contribution in [2.24, 2.45) is 0 Å². The molecule has 2 aromatic heterocycles. The van der Waals surface area contributed by atoms with E-state index in [2.05, 4.69) is 32.8 Å². The Bertz CT molecular complexity index is 463. The van der Waals surface area contributed by atoms with Crippen molar-refractivity contribution >= 4 is 17.2 Å². The Morgan fingerprint density at radius 3 is 2.94 bits per heavy atom. The van der Waals surface area contributed by atoms with Gasteiger partial charge in [0.25, 0.3) is 0 Å². The molecule has 96 valence electrons. The number of aryl methyl sites for hydroxylation is 1. The molecular formula is C13H17N3OS. The van der Waals surface area contributed by atoms with Crippen molar-refractivity contribution in [2.45, 2.75) is 19.8 Å². The lowest BCUT2D eigenvalue weighted by Gasteiger charge is -2.08. The maximum Gasteiger partial charge on any atom is 0.218 e. The first-order chi connectivity index (χ1) is 8.81. The van der Waals surface area contributed by atoms with Crippen LogP contribution in [0.15, 0.2) is 23.6 Å². The molecule has 0 saturated carbocycles. The van der Waals surface area contributed by atoms with E-state index in [1.54, 1.807) is 11.3 Å². The summed E-state index contributed by atoms with van der Waals surface area (Å²) < 4.78 is 5.68. The lowest BCUT2D eigenvalue weighted by molar-refractivity contribution is 0.309. The Morgan fingerprint density at radius 1 is 1.39 bits per heavy atom. The van der Waals surface area contributed by atoms with E-state index >= 15 is 0 Å². The van der Waals surface area contributed by atoms with Gasteiger partial charge in [0.05, 0.1) is 6.61 Å². The lowest BCUT2D eigenvalue weighted by Crippen LogP contribution is -2.05. The van der Waals surface area contributed by atoms with E-state index in [9.17, 15) is 0 Å². The Hall–Kier alpha value is -1.62. The summed E-state index contributed by atoms with van der Waals surface area (Å²) in [6, 6.07) is 6.00. The van der Waals surface area contributed by atoms with Gasteiger partial charge >= 0.3 is 0 Å². The highest BCUT2D eigenvalue weighted by molar-refractivity contribution is 7.09. The van der Waals surface area contributed by atoms with Gasteiger partial charge in [-0.3, -0.25) is 0 Å². The highest BCUT2D eigenvalue weighted by atomic mass is 32.1. The Balaban J connectivity index is 1.95. The van der Waals surface area contributed by atoms with Crippen molar-refractivity contribution in [3.63, 3.8) is 0 Å². The molecular weight excluding hydrogens is 246 g/mol. The van der Waals surface area contributed by atoms with Crippen molar-refractivity contribution in [3.8, 4) is 5.88 Å². The summed E-state index contributed by atoms with van der Waals surface area (Å²) in [6.45, 7) is 2.67. The second-order valence-corrected chi connectivity index (χ2v) is 4.82. The largest absolute Gasteiger partial charge is 0.477 e. The number of nitrogens with zero attached hydrogens (tertiary/aromatic N) is 2. The van der Waals surface area contributed by atoms with Gasteiger partial charge in [-0.15, -0.1) is 11.3 Å². The van der Waals surface area contributed by atoms with Gasteiger partial charge in [-0.2, -0.15) is 4.98 Å². The fraction of sp³-hybridized carbons (Fsp3) is 0.385. The number of hydrogen-bond acceptors (Lipinski definition) is 5. The minimum Gasteiger partial charge on any atom is -0.477 e. The van der Waals surface area contributed by atoms with Gasteiger partial charge in [0, 0.05) is 30.8 Å². The fourth-order valence-corrected chi connectivity index (χ4v) is 2.23. The average Bonchev–Trinajstić information content (AvgIpc) is 2.91. The zero-order chi connectivity index (χ0) is 12.8. The van der Waals surface area contributed by atoms with Crippen LogP contribution in [0.1, 0.15) is 17.6 Å². The summed E-state index contributed by atoms with van der Waals surface area (Å²) in [7, 11) is 1.84. The van der Waals surface area contributed by atoms with Gasteiger partial charge in [0.15, 0.2) is 0 Å². The summed E-state index contributed by atoms with van der Waals surface area (Å²) in [4.78, 5) is 10.0. The van der Waals surface area contributed by atoms with Crippen LogP contribution in [0.3, 0.4) is 0 Å². The number of rotatable bonds is 6. The molecule has 0 atom stereocenters. The molecule has 0 aromatic carbocycles. The fourth-order valence-electron chi connectivity index (χ4n) is 1.54. The zero-order valence-corrected chi connectivity index (χ0v) is 11.5. The Morgan fingerprint density at radius 2 is 2.28 bits per heavy atom. The topological polar surface area (TPSA) is 47.0 Å². The highest BCUT2D eigenvalue weighted by Crippen LogP contribution is 2.15. The van der Waals surface area contributed by atoms with E-state index in [0.29, 0.717) is 12.5 Å². The first kappa shape index (κ1) is 12.8. The van der Waals surface area contributed by atoms with E-state index < -0.39 is 0 Å². The third-order valence-electron chi connectivity index (χ3n) is 2.50. The van der Waals surface area contributed by atoms with E-state index in [1.165, 1.54) is 4.88 Å². The predicted octanol–water partition coefficient (Wildman–Crippen LogP) is 2.76. The second kappa shape index (κ2) is 6.35. The molecule has 4 nitrogen and oxygen atoms in total. The molecule has 0 fully saturated rings. The van der Waals surface area contributed by atoms with Crippen molar-refractivity contribution < 1.29 is 4.74 Å². The molecule has 0 aliphatic carbocycles. The van der Waals surface area contributed by atoms with Gasteiger partial charge in [-0.1, -0.05) is 13.0 Å². The summed E-state index contributed by atoms with van der Waals surface area (Å²) in [5.41, 5.74) is 0. The summed E-state index contributed by atoms with van der Waals surface area (Å²) in [5.74, 6) is 2.24. The van der Waals surface area contributed by atoms with E-state index in [-0.39, 0.29) is 0 Å². The number of thiophene rings is 1. The third-order valence-corrected chi connectivity index (χ3v) is 3.44. The van der Waals surface area contributed by atoms with Gasteiger partial charge in [0.1, 0.15) is 11.6 Å². The third kappa shape index (κ3) is 3.43. The monoisotopic (exact) mass is 263 g/mol. The van der Waals surface area contributed by atoms with Gasteiger partial charge < -0.3 is 10.1 Å². The molecule has 1 N–H and O–H groups in total. The zero-order valence-electron chi connectivity index (χ0n) is 10.6. The van der Waals surface area contributed by atoms with E-state index in [0.717, 1.165) is 24.5 Å². The number of nitrogens with one attached hydrogen (secondary N) is 1. The van der Waals surface area contributed by atoms with Crippen molar-refractivity contribution in [3.05, 3.63) is 34.3 Å². The van der Waals surface area contributed by atoms with E-state index in [4.69, 9.17) is 4.74 Å². The molecule has 0 saturated heterocycles. The molecule has 2 heterocycles. The van der Waals surface area contributed by atoms with E-state index in [1.807, 2.05) is 20.0 Å². The van der Waals surface area contributed by atoms with Crippen molar-refractivity contribution in [2.75, 3.05) is 19.0 Å². The maximum atomic E-state index is 5.68. The smallest absolute Gasteiger partial charge is 0.218 e. The van der Waals surface area contributed by atoms with Crippen molar-refractivity contribution in [1.82, 2.24) is 9.97 Å². The normalized spacial score (nSPS) is 10.3. The number of hydrogen-bond donors (Lipinski definition) is 1. The minimum atomic E-state index is 0.641. The quantitative estimate of drug-likeness (QED) is 0.870. The molecule has 0 aliphatic heterocycles. The first-order valence-electron chi connectivity index (χ1n) is 6.02. The lowest BCUT2D eigenvalue weighted by atomic mass is 10.4. The minimum absolute atomic E-state index is 0.641. The standard InChI is InChI=1S/C13H17N3OS/c1-3-11-15-12(14-2)9-13(16-11)17-7-6-10-5-4-8-18-10/h4-5,8-9H,3,6-7H2,1-2H3,(H,14,15,16). The summed E-state index contributed by atoms with van der Waals surface area (Å²) in [5, 5.41) is 5.09. The van der Waals surface area contributed by atoms with Gasteiger partial charge in [0.2, 0.25) is 5.88 Å². The summed E-state index contributed by atoms with van der Waals surface area (Å²) in [6.07, 6.45) is 1.72. The molecule has 2 aromatic rings. The highest BCUT2D eigenvalue weighted by Gasteiger charge is 2.03. The van der Waals surface area contributed by atoms with Crippen LogP contribution in [-0.4, -0.2) is 23.6 Å². The second-order valence-electron chi connectivity index (χ2n) is 3.79. The van der Waals surface area contributed by atoms with Crippen LogP contribution >= 0.6 is 11.3 Å².